The van der Waals surface area contributed by atoms with Gasteiger partial charge in [0, 0.05) is 73.5 Å². The molecule has 1 saturated heterocycles. The Labute approximate surface area is 200 Å². The molecule has 3 aromatic heterocycles. The Morgan fingerprint density at radius 3 is 2.47 bits per heavy atom. The summed E-state index contributed by atoms with van der Waals surface area (Å²) in [6.07, 6.45) is 7.43. The van der Waals surface area contributed by atoms with E-state index in [-0.39, 0.29) is 5.54 Å². The predicted octanol–water partition coefficient (Wildman–Crippen LogP) is 4.31. The standard InChI is InChI=1S/C26H30N8/c1-26(2,3)34-18-22(24(32-34)19-5-4-11-28-17-19)23-10-12-29-25(31-23)30-20-6-8-21(9-7-20)33-15-13-27-14-16-33/h4-12,17-18,27H,13-16H2,1-3H3,(H,29,30,31). The summed E-state index contributed by atoms with van der Waals surface area (Å²) < 4.78 is 1.98. The number of anilines is 3. The summed E-state index contributed by atoms with van der Waals surface area (Å²) in [6.45, 7) is 10.5. The highest BCUT2D eigenvalue weighted by Crippen LogP contribution is 2.32. The lowest BCUT2D eigenvalue weighted by molar-refractivity contribution is 0.356. The Kier molecular flexibility index (Phi) is 5.98. The first kappa shape index (κ1) is 22.0. The zero-order chi connectivity index (χ0) is 23.5. The van der Waals surface area contributed by atoms with Gasteiger partial charge in [-0.25, -0.2) is 9.97 Å². The van der Waals surface area contributed by atoms with Crippen LogP contribution in [0.25, 0.3) is 22.5 Å². The van der Waals surface area contributed by atoms with Crippen molar-refractivity contribution in [3.63, 3.8) is 0 Å². The molecule has 0 amide bonds. The van der Waals surface area contributed by atoms with Gasteiger partial charge in [-0.05, 0) is 63.2 Å². The van der Waals surface area contributed by atoms with Crippen LogP contribution in [-0.2, 0) is 5.54 Å². The quantitative estimate of drug-likeness (QED) is 0.465. The molecule has 4 heterocycles. The molecule has 8 heteroatoms. The molecule has 1 aliphatic rings. The van der Waals surface area contributed by atoms with E-state index in [2.05, 4.69) is 76.7 Å². The maximum atomic E-state index is 4.88. The predicted molar refractivity (Wildman–Crippen MR) is 136 cm³/mol. The smallest absolute Gasteiger partial charge is 0.227 e. The van der Waals surface area contributed by atoms with Crippen LogP contribution < -0.4 is 15.5 Å². The zero-order valence-electron chi connectivity index (χ0n) is 19.9. The fourth-order valence-electron chi connectivity index (χ4n) is 4.00. The third kappa shape index (κ3) is 4.77. The molecule has 1 aromatic carbocycles. The summed E-state index contributed by atoms with van der Waals surface area (Å²) in [5, 5.41) is 11.6. The monoisotopic (exact) mass is 454 g/mol. The Bertz CT molecular complexity index is 1240. The van der Waals surface area contributed by atoms with Gasteiger partial charge >= 0.3 is 0 Å². The van der Waals surface area contributed by atoms with Crippen molar-refractivity contribution in [3.05, 3.63) is 67.3 Å². The Morgan fingerprint density at radius 2 is 1.76 bits per heavy atom. The molecular formula is C26H30N8. The Hall–Kier alpha value is -3.78. The Balaban J connectivity index is 1.43. The largest absolute Gasteiger partial charge is 0.369 e. The van der Waals surface area contributed by atoms with Crippen LogP contribution in [0.15, 0.2) is 67.3 Å². The van der Waals surface area contributed by atoms with Gasteiger partial charge in [-0.2, -0.15) is 5.10 Å². The molecule has 0 bridgehead atoms. The van der Waals surface area contributed by atoms with Crippen molar-refractivity contribution < 1.29 is 0 Å². The summed E-state index contributed by atoms with van der Waals surface area (Å²) in [5.74, 6) is 0.549. The number of hydrogen-bond acceptors (Lipinski definition) is 7. The van der Waals surface area contributed by atoms with Crippen LogP contribution in [0.3, 0.4) is 0 Å². The van der Waals surface area contributed by atoms with Crippen molar-refractivity contribution in [2.24, 2.45) is 0 Å². The number of rotatable bonds is 5. The molecule has 1 fully saturated rings. The van der Waals surface area contributed by atoms with Crippen molar-refractivity contribution in [1.29, 1.82) is 0 Å². The first-order chi connectivity index (χ1) is 16.5. The second kappa shape index (κ2) is 9.23. The van der Waals surface area contributed by atoms with E-state index in [1.165, 1.54) is 5.69 Å². The second-order valence-corrected chi connectivity index (χ2v) is 9.42. The van der Waals surface area contributed by atoms with Gasteiger partial charge in [-0.1, -0.05) is 0 Å². The molecule has 1 aliphatic heterocycles. The SMILES string of the molecule is CC(C)(C)n1cc(-c2ccnc(Nc3ccc(N4CCNCC4)cc3)n2)c(-c2cccnc2)n1. The van der Waals surface area contributed by atoms with E-state index in [9.17, 15) is 0 Å². The average molecular weight is 455 g/mol. The highest BCUT2D eigenvalue weighted by atomic mass is 15.3. The number of hydrogen-bond donors (Lipinski definition) is 2. The summed E-state index contributed by atoms with van der Waals surface area (Å²) >= 11 is 0. The number of nitrogens with one attached hydrogen (secondary N) is 2. The van der Waals surface area contributed by atoms with Gasteiger partial charge in [0.25, 0.3) is 0 Å². The van der Waals surface area contributed by atoms with Gasteiger partial charge in [0.2, 0.25) is 5.95 Å². The highest BCUT2D eigenvalue weighted by molar-refractivity contribution is 5.78. The molecule has 5 rings (SSSR count). The third-order valence-corrected chi connectivity index (χ3v) is 5.87. The van der Waals surface area contributed by atoms with Gasteiger partial charge in [-0.15, -0.1) is 0 Å². The van der Waals surface area contributed by atoms with Crippen molar-refractivity contribution in [1.82, 2.24) is 30.0 Å². The van der Waals surface area contributed by atoms with E-state index in [4.69, 9.17) is 10.1 Å². The Morgan fingerprint density at radius 1 is 0.971 bits per heavy atom. The number of nitrogens with zero attached hydrogens (tertiary/aromatic N) is 6. The van der Waals surface area contributed by atoms with Gasteiger partial charge in [0.15, 0.2) is 0 Å². The average Bonchev–Trinajstić information content (AvgIpc) is 3.32. The maximum Gasteiger partial charge on any atom is 0.227 e. The lowest BCUT2D eigenvalue weighted by atomic mass is 10.1. The number of aromatic nitrogens is 5. The van der Waals surface area contributed by atoms with Crippen LogP contribution in [0.4, 0.5) is 17.3 Å². The molecule has 0 spiro atoms. The molecule has 0 unspecified atom stereocenters. The van der Waals surface area contributed by atoms with Crippen LogP contribution in [-0.4, -0.2) is 50.9 Å². The van der Waals surface area contributed by atoms with Crippen molar-refractivity contribution in [2.75, 3.05) is 36.4 Å². The van der Waals surface area contributed by atoms with Crippen LogP contribution in [0.1, 0.15) is 20.8 Å². The maximum absolute atomic E-state index is 4.88. The molecule has 2 N–H and O–H groups in total. The molecule has 8 nitrogen and oxygen atoms in total. The van der Waals surface area contributed by atoms with Gasteiger partial charge in [0.05, 0.1) is 11.2 Å². The molecule has 0 radical (unpaired) electrons. The minimum atomic E-state index is -0.157. The van der Waals surface area contributed by atoms with Gasteiger partial charge in [-0.3, -0.25) is 9.67 Å². The number of pyridine rings is 1. The van der Waals surface area contributed by atoms with Crippen molar-refractivity contribution in [2.45, 2.75) is 26.3 Å². The minimum absolute atomic E-state index is 0.157. The van der Waals surface area contributed by atoms with E-state index >= 15 is 0 Å². The molecule has 0 saturated carbocycles. The van der Waals surface area contributed by atoms with Crippen LogP contribution in [0, 0.1) is 0 Å². The first-order valence-corrected chi connectivity index (χ1v) is 11.6. The third-order valence-electron chi connectivity index (χ3n) is 5.87. The number of benzene rings is 1. The second-order valence-electron chi connectivity index (χ2n) is 9.42. The van der Waals surface area contributed by atoms with Crippen molar-refractivity contribution in [3.8, 4) is 22.5 Å². The highest BCUT2D eigenvalue weighted by Gasteiger charge is 2.21. The first-order valence-electron chi connectivity index (χ1n) is 11.6. The number of piperazine rings is 1. The summed E-state index contributed by atoms with van der Waals surface area (Å²) in [4.78, 5) is 15.9. The normalized spacial score (nSPS) is 14.3. The van der Waals surface area contributed by atoms with Crippen LogP contribution >= 0.6 is 0 Å². The lowest BCUT2D eigenvalue weighted by Crippen LogP contribution is -2.43. The fraction of sp³-hybridized carbons (Fsp3) is 0.308. The molecular weight excluding hydrogens is 424 g/mol. The molecule has 174 valence electrons. The van der Waals surface area contributed by atoms with E-state index in [0.29, 0.717) is 5.95 Å². The molecule has 4 aromatic rings. The fourth-order valence-corrected chi connectivity index (χ4v) is 4.00. The zero-order valence-corrected chi connectivity index (χ0v) is 19.9. The summed E-state index contributed by atoms with van der Waals surface area (Å²) in [6, 6.07) is 14.3. The molecule has 0 aliphatic carbocycles. The van der Waals surface area contributed by atoms with Crippen LogP contribution in [0.5, 0.6) is 0 Å². The van der Waals surface area contributed by atoms with E-state index < -0.39 is 0 Å². The molecule has 0 atom stereocenters. The van der Waals surface area contributed by atoms with E-state index in [1.807, 2.05) is 29.1 Å². The molecule has 34 heavy (non-hydrogen) atoms. The topological polar surface area (TPSA) is 83.8 Å². The van der Waals surface area contributed by atoms with Gasteiger partial charge in [0.1, 0.15) is 5.69 Å². The van der Waals surface area contributed by atoms with E-state index in [0.717, 1.165) is 54.4 Å². The van der Waals surface area contributed by atoms with Crippen molar-refractivity contribution >= 4 is 17.3 Å². The van der Waals surface area contributed by atoms with Gasteiger partial charge < -0.3 is 15.5 Å². The lowest BCUT2D eigenvalue weighted by Gasteiger charge is -2.29. The van der Waals surface area contributed by atoms with Crippen LogP contribution in [0.2, 0.25) is 0 Å². The summed E-state index contributed by atoms with van der Waals surface area (Å²) in [5.41, 5.74) is 5.60. The minimum Gasteiger partial charge on any atom is -0.369 e. The summed E-state index contributed by atoms with van der Waals surface area (Å²) in [7, 11) is 0. The van der Waals surface area contributed by atoms with E-state index in [1.54, 1.807) is 12.4 Å².